The van der Waals surface area contributed by atoms with Crippen molar-refractivity contribution in [3.63, 3.8) is 0 Å². The van der Waals surface area contributed by atoms with E-state index in [1.54, 1.807) is 19.1 Å². The van der Waals surface area contributed by atoms with Crippen molar-refractivity contribution in [1.29, 1.82) is 0 Å². The number of carbonyl (C=O) groups excluding carboxylic acids is 6. The molecule has 2 N–H and O–H groups in total. The fourth-order valence-corrected chi connectivity index (χ4v) is 13.7. The lowest BCUT2D eigenvalue weighted by Crippen LogP contribution is -2.53. The van der Waals surface area contributed by atoms with Gasteiger partial charge in [0.25, 0.3) is 11.8 Å². The van der Waals surface area contributed by atoms with E-state index in [1.165, 1.54) is 67.0 Å². The van der Waals surface area contributed by atoms with Crippen molar-refractivity contribution in [3.8, 4) is 22.5 Å². The van der Waals surface area contributed by atoms with Crippen LogP contribution in [0, 0.1) is 24.8 Å². The molecule has 82 heavy (non-hydrogen) atoms. The Bertz CT molecular complexity index is 2890. The summed E-state index contributed by atoms with van der Waals surface area (Å²) in [5.74, 6) is -3.74. The number of aryl methyl sites for hydroxylation is 2. The number of nitrogens with zero attached hydrogens (tertiary/aromatic N) is 8. The first kappa shape index (κ1) is 61.2. The number of ketones is 2. The number of piperazine rings is 2. The van der Waals surface area contributed by atoms with Crippen LogP contribution in [0.3, 0.4) is 0 Å². The molecular weight excluding hydrogens is 1150 g/mol. The van der Waals surface area contributed by atoms with Crippen molar-refractivity contribution >= 4 is 91.3 Å². The second kappa shape index (κ2) is 24.7. The number of likely N-dealkylation sites (tertiary alicyclic amines) is 2. The van der Waals surface area contributed by atoms with Crippen molar-refractivity contribution in [3.05, 3.63) is 68.9 Å². The molecule has 0 radical (unpaired) electrons. The molecule has 4 aromatic rings. The molecular formula is C56H68Cl2F4N10O8S2. The maximum atomic E-state index is 15.4. The van der Waals surface area contributed by atoms with E-state index in [-0.39, 0.29) is 73.1 Å². The number of halogens is 6. The van der Waals surface area contributed by atoms with Crippen molar-refractivity contribution in [2.24, 2.45) is 0 Å². The van der Waals surface area contributed by atoms with Gasteiger partial charge in [-0.3, -0.25) is 28.8 Å². The Morgan fingerprint density at radius 3 is 1.52 bits per heavy atom. The minimum absolute atomic E-state index is 0.0253. The molecule has 6 aliphatic rings. The average molecular weight is 1220 g/mol. The molecule has 6 fully saturated rings. The predicted molar refractivity (Wildman–Crippen MR) is 306 cm³/mol. The third-order valence-electron chi connectivity index (χ3n) is 15.5. The number of anilines is 2. The number of amides is 4. The molecule has 2 aromatic heterocycles. The molecule has 26 heteroatoms. The highest BCUT2D eigenvalue weighted by Gasteiger charge is 2.54. The Hall–Kier alpha value is -5.34. The number of carbonyl (C=O) groups is 6. The Balaban J connectivity index is 0.000000198. The number of alkyl halides is 4. The first-order valence-electron chi connectivity index (χ1n) is 27.2. The number of rotatable bonds is 14. The summed E-state index contributed by atoms with van der Waals surface area (Å²) in [4.78, 5) is 99.8. The normalized spacial score (nSPS) is 24.1. The number of benzene rings is 2. The minimum atomic E-state index is -1.82. The summed E-state index contributed by atoms with van der Waals surface area (Å²) in [6.45, 7) is 15.5. The zero-order chi connectivity index (χ0) is 59.3. The van der Waals surface area contributed by atoms with Crippen LogP contribution in [0.2, 0.25) is 0 Å². The first-order valence-corrected chi connectivity index (χ1v) is 29.7. The molecule has 10 rings (SSSR count). The van der Waals surface area contributed by atoms with Crippen LogP contribution < -0.4 is 20.4 Å². The van der Waals surface area contributed by atoms with Gasteiger partial charge in [-0.15, -0.1) is 34.5 Å². The molecule has 0 aliphatic carbocycles. The van der Waals surface area contributed by atoms with E-state index < -0.39 is 93.0 Å². The molecule has 0 bridgehead atoms. The fourth-order valence-electron chi connectivity index (χ4n) is 11.2. The second-order valence-corrected chi connectivity index (χ2v) is 26.3. The van der Waals surface area contributed by atoms with E-state index in [2.05, 4.69) is 42.3 Å². The van der Waals surface area contributed by atoms with E-state index in [0.29, 0.717) is 22.0 Å². The largest absolute Gasteiger partial charge is 0.366 e. The highest BCUT2D eigenvalue weighted by molar-refractivity contribution is 7.16. The summed E-state index contributed by atoms with van der Waals surface area (Å²) in [6.07, 6.45) is -1.92. The number of Topliss-reactive ketones (excluding diaryl/α,β-unsaturated/α-hetero) is 2. The van der Waals surface area contributed by atoms with Crippen LogP contribution in [0.25, 0.3) is 22.5 Å². The molecule has 18 nitrogen and oxygen atoms in total. The smallest absolute Gasteiger partial charge is 0.252 e. The minimum Gasteiger partial charge on any atom is -0.366 e. The number of ether oxygens (including phenoxy) is 2. The van der Waals surface area contributed by atoms with Crippen LogP contribution >= 0.6 is 45.9 Å². The molecule has 8 heterocycles. The van der Waals surface area contributed by atoms with Gasteiger partial charge < -0.3 is 49.5 Å². The lowest BCUT2D eigenvalue weighted by molar-refractivity contribution is -0.138. The number of nitrogens with one attached hydrogen (secondary N) is 2. The third-order valence-corrected chi connectivity index (χ3v) is 18.2. The van der Waals surface area contributed by atoms with Crippen LogP contribution in [0.5, 0.6) is 0 Å². The van der Waals surface area contributed by atoms with Crippen molar-refractivity contribution in [2.75, 3.05) is 103 Å². The highest BCUT2D eigenvalue weighted by Crippen LogP contribution is 2.38. The lowest BCUT2D eigenvalue weighted by Gasteiger charge is -2.32. The molecule has 6 saturated heterocycles. The van der Waals surface area contributed by atoms with Crippen molar-refractivity contribution < 1.29 is 55.8 Å². The van der Waals surface area contributed by atoms with Crippen LogP contribution in [-0.2, 0) is 28.7 Å². The van der Waals surface area contributed by atoms with Gasteiger partial charge in [0.2, 0.25) is 16.9 Å². The SMILES string of the molecule is Cc1cc(C(=O)NC(CC(C)(C)F)C(=O)N2CC(Cl)C3OCC(=O)C32)ccc1-c1nc(N2CCN(C)CC2)sc1F.Cc1sc(N2CCN(C)CC2)nc1-c1ccc(C(=O)NC(CC(C)(C)F)C(=O)N2CC(Cl)C3OCC(=O)C32)cc1F. The van der Waals surface area contributed by atoms with Crippen molar-refractivity contribution in [2.45, 2.75) is 113 Å². The standard InChI is InChI=1S/2C28H34ClF2N5O4S/c1-15-22(33-27(41-15)35-9-7-34(4)8-10-35)17-6-5-16(11-19(17)30)25(38)32-20(12-28(2,3)31)26(39)36-13-18(29)24-23(36)21(37)14-40-24;1-15-11-16(5-6-17(15)21-24(30)41-27(33-21)35-9-7-34(4)8-10-35)25(38)32-19(12-28(2,3)31)26(39)36-13-18(29)23-22(36)20(37)14-40-23/h5-6,11,18,20,23-24H,7-10,12-14H2,1-4H3,(H,32,38);5-6,11,18-19,22-23H,7-10,12-14H2,1-4H3,(H,32,38). The maximum absolute atomic E-state index is 15.4. The summed E-state index contributed by atoms with van der Waals surface area (Å²) >= 11 is 15.2. The van der Waals surface area contributed by atoms with Gasteiger partial charge >= 0.3 is 0 Å². The van der Waals surface area contributed by atoms with Crippen molar-refractivity contribution in [1.82, 2.24) is 40.2 Å². The topological polar surface area (TPSA) is 190 Å². The number of hydrogen-bond donors (Lipinski definition) is 2. The van der Waals surface area contributed by atoms with E-state index in [0.717, 1.165) is 79.8 Å². The van der Waals surface area contributed by atoms with Gasteiger partial charge in [-0.25, -0.2) is 23.1 Å². The maximum Gasteiger partial charge on any atom is 0.252 e. The molecule has 444 valence electrons. The Morgan fingerprint density at radius 1 is 0.659 bits per heavy atom. The van der Waals surface area contributed by atoms with Crippen LogP contribution in [0.15, 0.2) is 36.4 Å². The van der Waals surface area contributed by atoms with Gasteiger partial charge in [0.05, 0.1) is 16.4 Å². The molecule has 8 unspecified atom stereocenters. The fraction of sp³-hybridized carbons (Fsp3) is 0.571. The molecule has 0 spiro atoms. The van der Waals surface area contributed by atoms with Crippen LogP contribution in [0.1, 0.15) is 71.7 Å². The number of aromatic nitrogens is 2. The summed E-state index contributed by atoms with van der Waals surface area (Å²) in [5.41, 5.74) is -1.20. The summed E-state index contributed by atoms with van der Waals surface area (Å²) in [7, 11) is 4.12. The first-order chi connectivity index (χ1) is 38.6. The van der Waals surface area contributed by atoms with Gasteiger partial charge in [0.15, 0.2) is 21.8 Å². The van der Waals surface area contributed by atoms with E-state index >= 15 is 8.78 Å². The third kappa shape index (κ3) is 13.6. The average Bonchev–Trinajstić information content (AvgIpc) is 4.28. The Labute approximate surface area is 491 Å². The number of likely N-dealkylation sites (N-methyl/N-ethyl adjacent to an activating group) is 2. The zero-order valence-electron chi connectivity index (χ0n) is 46.9. The number of fused-ring (bicyclic) bond motifs is 2. The van der Waals surface area contributed by atoms with E-state index in [4.69, 9.17) is 37.7 Å². The molecule has 8 atom stereocenters. The monoisotopic (exact) mass is 1220 g/mol. The van der Waals surface area contributed by atoms with Gasteiger partial charge in [0.1, 0.15) is 72.4 Å². The van der Waals surface area contributed by atoms with E-state index in [1.807, 2.05) is 14.0 Å². The van der Waals surface area contributed by atoms with Crippen LogP contribution in [0.4, 0.5) is 27.8 Å². The second-order valence-electron chi connectivity index (χ2n) is 23.1. The summed E-state index contributed by atoms with van der Waals surface area (Å²) in [6, 6.07) is 4.54. The zero-order valence-corrected chi connectivity index (χ0v) is 50.1. The van der Waals surface area contributed by atoms with E-state index in [9.17, 15) is 37.5 Å². The number of thiazole rings is 2. The van der Waals surface area contributed by atoms with Gasteiger partial charge in [-0.05, 0) is 91.5 Å². The molecule has 2 aromatic carbocycles. The lowest BCUT2D eigenvalue weighted by atomic mass is 9.98. The molecule has 4 amide bonds. The molecule has 6 aliphatic heterocycles. The quantitative estimate of drug-likeness (QED) is 0.109. The number of hydrogen-bond acceptors (Lipinski definition) is 16. The van der Waals surface area contributed by atoms with Gasteiger partial charge in [0, 0.05) is 105 Å². The summed E-state index contributed by atoms with van der Waals surface area (Å²) in [5, 5.41) is 5.10. The predicted octanol–water partition coefficient (Wildman–Crippen LogP) is 6.06. The Morgan fingerprint density at radius 2 is 1.09 bits per heavy atom. The van der Waals surface area contributed by atoms with Gasteiger partial charge in [-0.2, -0.15) is 4.39 Å². The molecule has 0 saturated carbocycles. The Kier molecular flexibility index (Phi) is 18.4. The summed E-state index contributed by atoms with van der Waals surface area (Å²) < 4.78 is 70.8. The highest BCUT2D eigenvalue weighted by atomic mass is 35.5. The van der Waals surface area contributed by atoms with Crippen LogP contribution in [-0.4, -0.2) is 216 Å². The van der Waals surface area contributed by atoms with Gasteiger partial charge in [-0.1, -0.05) is 17.4 Å².